The normalized spacial score (nSPS) is 10.5. The van der Waals surface area contributed by atoms with Crippen LogP contribution >= 0.6 is 0 Å². The SMILES string of the molecule is COc1ccc(NC(=O)CN(C)Cc2ccc(O)cc2)c([N+](=O)[O-])c1. The lowest BCUT2D eigenvalue weighted by Crippen LogP contribution is -2.30. The topological polar surface area (TPSA) is 105 Å². The quantitative estimate of drug-likeness (QED) is 0.590. The third kappa shape index (κ3) is 5.18. The van der Waals surface area contributed by atoms with Gasteiger partial charge in [-0.2, -0.15) is 0 Å². The monoisotopic (exact) mass is 345 g/mol. The molecule has 0 aromatic heterocycles. The molecule has 2 N–H and O–H groups in total. The molecule has 2 rings (SSSR count). The molecule has 0 unspecified atom stereocenters. The van der Waals surface area contributed by atoms with Crippen LogP contribution in [-0.4, -0.2) is 41.5 Å². The fraction of sp³-hybridized carbons (Fsp3) is 0.235. The van der Waals surface area contributed by atoms with Gasteiger partial charge in [-0.05, 0) is 36.9 Å². The van der Waals surface area contributed by atoms with E-state index in [1.54, 1.807) is 42.3 Å². The van der Waals surface area contributed by atoms with Crippen molar-refractivity contribution in [1.29, 1.82) is 0 Å². The summed E-state index contributed by atoms with van der Waals surface area (Å²) in [4.78, 5) is 24.5. The maximum absolute atomic E-state index is 12.1. The van der Waals surface area contributed by atoms with Crippen LogP contribution < -0.4 is 10.1 Å². The third-order valence-electron chi connectivity index (χ3n) is 3.48. The number of nitrogens with zero attached hydrogens (tertiary/aromatic N) is 2. The number of methoxy groups -OCH3 is 1. The van der Waals surface area contributed by atoms with Gasteiger partial charge in [-0.3, -0.25) is 19.8 Å². The molecule has 0 radical (unpaired) electrons. The summed E-state index contributed by atoms with van der Waals surface area (Å²) in [6.45, 7) is 0.558. The number of benzene rings is 2. The summed E-state index contributed by atoms with van der Waals surface area (Å²) in [7, 11) is 3.17. The zero-order chi connectivity index (χ0) is 18.4. The van der Waals surface area contributed by atoms with Crippen molar-refractivity contribution >= 4 is 17.3 Å². The minimum Gasteiger partial charge on any atom is -0.508 e. The number of rotatable bonds is 7. The number of ether oxygens (including phenoxy) is 1. The molecule has 0 bridgehead atoms. The zero-order valence-corrected chi connectivity index (χ0v) is 13.9. The molecule has 0 aliphatic heterocycles. The number of nitrogens with one attached hydrogen (secondary N) is 1. The van der Waals surface area contributed by atoms with Crippen LogP contribution in [0.5, 0.6) is 11.5 Å². The summed E-state index contributed by atoms with van der Waals surface area (Å²) >= 11 is 0. The molecule has 0 saturated carbocycles. The highest BCUT2D eigenvalue weighted by Gasteiger charge is 2.18. The molecule has 0 saturated heterocycles. The van der Waals surface area contributed by atoms with Gasteiger partial charge in [-0.1, -0.05) is 12.1 Å². The van der Waals surface area contributed by atoms with E-state index in [9.17, 15) is 20.0 Å². The largest absolute Gasteiger partial charge is 0.508 e. The number of aromatic hydroxyl groups is 1. The Balaban J connectivity index is 1.99. The van der Waals surface area contributed by atoms with E-state index < -0.39 is 4.92 Å². The number of carbonyl (C=O) groups excluding carboxylic acids is 1. The number of amides is 1. The third-order valence-corrected chi connectivity index (χ3v) is 3.48. The Morgan fingerprint density at radius 2 is 1.96 bits per heavy atom. The van der Waals surface area contributed by atoms with E-state index in [0.29, 0.717) is 12.3 Å². The molecule has 0 aliphatic carbocycles. The number of anilines is 1. The summed E-state index contributed by atoms with van der Waals surface area (Å²) in [6, 6.07) is 10.9. The Morgan fingerprint density at radius 1 is 1.28 bits per heavy atom. The van der Waals surface area contributed by atoms with Gasteiger partial charge in [0.2, 0.25) is 5.91 Å². The summed E-state index contributed by atoms with van der Waals surface area (Å²) < 4.78 is 4.96. The molecule has 8 heteroatoms. The van der Waals surface area contributed by atoms with Gasteiger partial charge in [0.05, 0.1) is 24.6 Å². The summed E-state index contributed by atoms with van der Waals surface area (Å²) in [5, 5.41) is 22.9. The average molecular weight is 345 g/mol. The number of carbonyl (C=O) groups is 1. The fourth-order valence-corrected chi connectivity index (χ4v) is 2.30. The van der Waals surface area contributed by atoms with Crippen LogP contribution in [0.25, 0.3) is 0 Å². The van der Waals surface area contributed by atoms with Crippen molar-refractivity contribution in [2.45, 2.75) is 6.54 Å². The van der Waals surface area contributed by atoms with Crippen LogP contribution in [0, 0.1) is 10.1 Å². The van der Waals surface area contributed by atoms with Crippen molar-refractivity contribution in [1.82, 2.24) is 4.90 Å². The molecular weight excluding hydrogens is 326 g/mol. The number of phenolic OH excluding ortho intramolecular Hbond substituents is 1. The second-order valence-electron chi connectivity index (χ2n) is 5.53. The highest BCUT2D eigenvalue weighted by molar-refractivity contribution is 5.94. The molecule has 0 spiro atoms. The van der Waals surface area contributed by atoms with Crippen LogP contribution in [0.3, 0.4) is 0 Å². The summed E-state index contributed by atoms with van der Waals surface area (Å²) in [5.74, 6) is 0.152. The van der Waals surface area contributed by atoms with Gasteiger partial charge in [-0.25, -0.2) is 0 Å². The second-order valence-corrected chi connectivity index (χ2v) is 5.53. The van der Waals surface area contributed by atoms with Crippen molar-refractivity contribution in [3.63, 3.8) is 0 Å². The number of nitro groups is 1. The van der Waals surface area contributed by atoms with E-state index in [2.05, 4.69) is 5.32 Å². The summed E-state index contributed by atoms with van der Waals surface area (Å²) in [5.41, 5.74) is 0.825. The van der Waals surface area contributed by atoms with Crippen LogP contribution in [0.4, 0.5) is 11.4 Å². The molecule has 1 amide bonds. The van der Waals surface area contributed by atoms with E-state index in [4.69, 9.17) is 4.74 Å². The molecular formula is C17H19N3O5. The lowest BCUT2D eigenvalue weighted by atomic mass is 10.2. The Morgan fingerprint density at radius 3 is 2.56 bits per heavy atom. The minimum atomic E-state index is -0.571. The van der Waals surface area contributed by atoms with Crippen molar-refractivity contribution in [2.24, 2.45) is 0 Å². The van der Waals surface area contributed by atoms with Crippen LogP contribution in [0.15, 0.2) is 42.5 Å². The predicted molar refractivity (Wildman–Crippen MR) is 92.7 cm³/mol. The Hall–Kier alpha value is -3.13. The lowest BCUT2D eigenvalue weighted by Gasteiger charge is -2.16. The first kappa shape index (κ1) is 18.2. The fourth-order valence-electron chi connectivity index (χ4n) is 2.30. The Bertz CT molecular complexity index is 761. The first-order valence-corrected chi connectivity index (χ1v) is 7.48. The van der Waals surface area contributed by atoms with Crippen LogP contribution in [0.1, 0.15) is 5.56 Å². The van der Waals surface area contributed by atoms with Gasteiger partial charge >= 0.3 is 0 Å². The van der Waals surface area contributed by atoms with E-state index in [-0.39, 0.29) is 29.6 Å². The minimum absolute atomic E-state index is 0.0596. The summed E-state index contributed by atoms with van der Waals surface area (Å²) in [6.07, 6.45) is 0. The second kappa shape index (κ2) is 8.11. The lowest BCUT2D eigenvalue weighted by molar-refractivity contribution is -0.384. The van der Waals surface area contributed by atoms with Gasteiger partial charge in [0.15, 0.2) is 0 Å². The number of phenols is 1. The smallest absolute Gasteiger partial charge is 0.296 e. The molecule has 0 fully saturated rings. The van der Waals surface area contributed by atoms with Gasteiger partial charge in [-0.15, -0.1) is 0 Å². The number of nitro benzene ring substituents is 1. The Kier molecular flexibility index (Phi) is 5.91. The average Bonchev–Trinajstić information content (AvgIpc) is 2.57. The molecule has 0 aliphatic rings. The van der Waals surface area contributed by atoms with E-state index in [1.165, 1.54) is 19.2 Å². The maximum atomic E-state index is 12.1. The van der Waals surface area contributed by atoms with E-state index >= 15 is 0 Å². The van der Waals surface area contributed by atoms with Crippen LogP contribution in [0.2, 0.25) is 0 Å². The van der Waals surface area contributed by atoms with Gasteiger partial charge < -0.3 is 15.2 Å². The first-order chi connectivity index (χ1) is 11.9. The predicted octanol–water partition coefficient (Wildman–Crippen LogP) is 2.38. The molecule has 2 aromatic carbocycles. The van der Waals surface area contributed by atoms with Crippen molar-refractivity contribution < 1.29 is 19.6 Å². The van der Waals surface area contributed by atoms with Gasteiger partial charge in [0.25, 0.3) is 5.69 Å². The standard InChI is InChI=1S/C17H19N3O5/c1-19(10-12-3-5-13(21)6-4-12)11-17(22)18-15-8-7-14(25-2)9-16(15)20(23)24/h3-9,21H,10-11H2,1-2H3,(H,18,22). The number of likely N-dealkylation sites (N-methyl/N-ethyl adjacent to an activating group) is 1. The van der Waals surface area contributed by atoms with E-state index in [1.807, 2.05) is 0 Å². The molecule has 8 nitrogen and oxygen atoms in total. The van der Waals surface area contributed by atoms with E-state index in [0.717, 1.165) is 5.56 Å². The highest BCUT2D eigenvalue weighted by atomic mass is 16.6. The molecule has 0 heterocycles. The Labute approximate surface area is 144 Å². The molecule has 2 aromatic rings. The molecule has 132 valence electrons. The molecule has 25 heavy (non-hydrogen) atoms. The number of hydrogen-bond acceptors (Lipinski definition) is 6. The van der Waals surface area contributed by atoms with Gasteiger partial charge in [0, 0.05) is 6.54 Å². The van der Waals surface area contributed by atoms with Crippen molar-refractivity contribution in [3.8, 4) is 11.5 Å². The maximum Gasteiger partial charge on any atom is 0.296 e. The van der Waals surface area contributed by atoms with Crippen molar-refractivity contribution in [2.75, 3.05) is 26.0 Å². The number of hydrogen-bond donors (Lipinski definition) is 2. The molecule has 0 atom stereocenters. The zero-order valence-electron chi connectivity index (χ0n) is 13.9. The van der Waals surface area contributed by atoms with Gasteiger partial charge in [0.1, 0.15) is 17.2 Å². The van der Waals surface area contributed by atoms with Crippen LogP contribution in [-0.2, 0) is 11.3 Å². The highest BCUT2D eigenvalue weighted by Crippen LogP contribution is 2.28. The van der Waals surface area contributed by atoms with Crippen molar-refractivity contribution in [3.05, 3.63) is 58.1 Å². The first-order valence-electron chi connectivity index (χ1n) is 7.48.